The van der Waals surface area contributed by atoms with Crippen LogP contribution in [0.5, 0.6) is 0 Å². The molecule has 0 atom stereocenters. The van der Waals surface area contributed by atoms with Crippen LogP contribution in [0.4, 0.5) is 5.69 Å². The molecule has 2 aromatic rings. The molecule has 1 N–H and O–H groups in total. The zero-order chi connectivity index (χ0) is 19.1. The molecule has 0 unspecified atom stereocenters. The number of nitrogens with zero attached hydrogens (tertiary/aromatic N) is 2. The lowest BCUT2D eigenvalue weighted by Crippen LogP contribution is -2.12. The fourth-order valence-electron chi connectivity index (χ4n) is 3.26. The van der Waals surface area contributed by atoms with E-state index in [2.05, 4.69) is 11.4 Å². The first-order chi connectivity index (χ1) is 13.2. The quantitative estimate of drug-likeness (QED) is 0.739. The molecule has 1 aromatic heterocycles. The number of hydrogen-bond donors (Lipinski definition) is 1. The van der Waals surface area contributed by atoms with Crippen LogP contribution in [-0.4, -0.2) is 16.6 Å². The molecule has 1 aliphatic carbocycles. The normalized spacial score (nSPS) is 13.8. The van der Waals surface area contributed by atoms with Crippen LogP contribution in [0.1, 0.15) is 54.5 Å². The lowest BCUT2D eigenvalue weighted by molar-refractivity contribution is -0.115. The molecule has 4 nitrogen and oxygen atoms in total. The van der Waals surface area contributed by atoms with Gasteiger partial charge in [0.05, 0.1) is 5.56 Å². The summed E-state index contributed by atoms with van der Waals surface area (Å²) >= 11 is 1.50. The molecule has 0 saturated carbocycles. The van der Waals surface area contributed by atoms with Gasteiger partial charge in [0, 0.05) is 23.6 Å². The van der Waals surface area contributed by atoms with E-state index in [9.17, 15) is 10.1 Å². The largest absolute Gasteiger partial charge is 0.326 e. The summed E-state index contributed by atoms with van der Waals surface area (Å²) in [5.74, 6) is 0.592. The molecule has 0 aliphatic heterocycles. The lowest BCUT2D eigenvalue weighted by Gasteiger charge is -2.15. The maximum atomic E-state index is 12.1. The number of nitrogens with one attached hydrogen (secondary N) is 1. The van der Waals surface area contributed by atoms with Gasteiger partial charge in [-0.1, -0.05) is 30.5 Å². The van der Waals surface area contributed by atoms with Crippen LogP contribution in [0.15, 0.2) is 35.4 Å². The average Bonchev–Trinajstić information content (AvgIpc) is 2.64. The first-order valence-corrected chi connectivity index (χ1v) is 10.6. The topological polar surface area (TPSA) is 65.8 Å². The first-order valence-electron chi connectivity index (χ1n) is 9.58. The summed E-state index contributed by atoms with van der Waals surface area (Å²) in [5.41, 5.74) is 4.98. The lowest BCUT2D eigenvalue weighted by atomic mass is 9.96. The van der Waals surface area contributed by atoms with E-state index in [1.54, 1.807) is 0 Å². The van der Waals surface area contributed by atoms with Crippen molar-refractivity contribution in [2.75, 3.05) is 11.1 Å². The van der Waals surface area contributed by atoms with Crippen molar-refractivity contribution >= 4 is 23.4 Å². The van der Waals surface area contributed by atoms with E-state index < -0.39 is 0 Å². The molecule has 5 heteroatoms. The van der Waals surface area contributed by atoms with Crippen molar-refractivity contribution in [1.29, 1.82) is 5.26 Å². The van der Waals surface area contributed by atoms with E-state index in [-0.39, 0.29) is 5.91 Å². The van der Waals surface area contributed by atoms with E-state index in [4.69, 9.17) is 4.98 Å². The summed E-state index contributed by atoms with van der Waals surface area (Å²) in [6.07, 6.45) is 7.24. The predicted molar refractivity (Wildman–Crippen MR) is 110 cm³/mol. The Bertz CT molecular complexity index is 840. The number of anilines is 1. The van der Waals surface area contributed by atoms with Crippen LogP contribution >= 0.6 is 11.8 Å². The second-order valence-electron chi connectivity index (χ2n) is 6.99. The van der Waals surface area contributed by atoms with Gasteiger partial charge in [-0.3, -0.25) is 4.79 Å². The molecule has 27 heavy (non-hydrogen) atoms. The minimum Gasteiger partial charge on any atom is -0.326 e. The number of aryl methyl sites for hydroxylation is 3. The molecule has 0 bridgehead atoms. The van der Waals surface area contributed by atoms with Crippen molar-refractivity contribution in [3.05, 3.63) is 52.7 Å². The fourth-order valence-corrected chi connectivity index (χ4v) is 4.17. The number of rotatable bonds is 5. The van der Waals surface area contributed by atoms with Gasteiger partial charge in [-0.2, -0.15) is 5.26 Å². The number of fused-ring (bicyclic) bond motifs is 1. The maximum absolute atomic E-state index is 12.1. The molecule has 1 heterocycles. The zero-order valence-electron chi connectivity index (χ0n) is 15.8. The number of pyridine rings is 1. The van der Waals surface area contributed by atoms with E-state index in [1.165, 1.54) is 36.6 Å². The third-order valence-corrected chi connectivity index (χ3v) is 5.78. The van der Waals surface area contributed by atoms with Crippen LogP contribution in [0.2, 0.25) is 0 Å². The third kappa shape index (κ3) is 5.58. The summed E-state index contributed by atoms with van der Waals surface area (Å²) in [6, 6.07) is 12.1. The fraction of sp³-hybridized carbons (Fsp3) is 0.409. The van der Waals surface area contributed by atoms with Gasteiger partial charge < -0.3 is 5.32 Å². The van der Waals surface area contributed by atoms with Gasteiger partial charge in [-0.25, -0.2) is 4.98 Å². The molecule has 1 aliphatic rings. The second kappa shape index (κ2) is 9.57. The molecule has 0 spiro atoms. The second-order valence-corrected chi connectivity index (χ2v) is 8.07. The zero-order valence-corrected chi connectivity index (χ0v) is 16.6. The smallest absolute Gasteiger partial charge is 0.225 e. The van der Waals surface area contributed by atoms with Crippen molar-refractivity contribution in [2.45, 2.75) is 56.9 Å². The molecule has 0 fully saturated rings. The number of hydrogen-bond acceptors (Lipinski definition) is 4. The van der Waals surface area contributed by atoms with Gasteiger partial charge >= 0.3 is 0 Å². The molecular formula is C22H25N3OS. The molecular weight excluding hydrogens is 354 g/mol. The Kier molecular flexibility index (Phi) is 6.89. The third-order valence-electron chi connectivity index (χ3n) is 4.79. The molecule has 1 amide bonds. The summed E-state index contributed by atoms with van der Waals surface area (Å²) in [5, 5.41) is 13.2. The van der Waals surface area contributed by atoms with Crippen molar-refractivity contribution in [2.24, 2.45) is 0 Å². The number of thioether (sulfide) groups is 1. The highest BCUT2D eigenvalue weighted by Crippen LogP contribution is 2.27. The Hall–Kier alpha value is -2.32. The Morgan fingerprint density at radius 2 is 1.93 bits per heavy atom. The van der Waals surface area contributed by atoms with Gasteiger partial charge in [0.2, 0.25) is 5.91 Å². The van der Waals surface area contributed by atoms with Crippen LogP contribution in [-0.2, 0) is 17.6 Å². The van der Waals surface area contributed by atoms with Gasteiger partial charge in [-0.05, 0) is 56.4 Å². The van der Waals surface area contributed by atoms with Gasteiger partial charge in [-0.15, -0.1) is 11.8 Å². The minimum absolute atomic E-state index is 0.0175. The van der Waals surface area contributed by atoms with Crippen LogP contribution in [0.3, 0.4) is 0 Å². The summed E-state index contributed by atoms with van der Waals surface area (Å²) in [6.45, 7) is 2.02. The molecule has 3 rings (SSSR count). The van der Waals surface area contributed by atoms with Gasteiger partial charge in [0.15, 0.2) is 0 Å². The number of amides is 1. The Balaban J connectivity index is 1.59. The molecule has 0 radical (unpaired) electrons. The molecule has 0 saturated heterocycles. The maximum Gasteiger partial charge on any atom is 0.225 e. The number of benzene rings is 1. The van der Waals surface area contributed by atoms with Crippen molar-refractivity contribution in [3.8, 4) is 6.07 Å². The van der Waals surface area contributed by atoms with E-state index in [0.717, 1.165) is 41.2 Å². The minimum atomic E-state index is -0.0175. The van der Waals surface area contributed by atoms with Crippen molar-refractivity contribution in [3.63, 3.8) is 0 Å². The Morgan fingerprint density at radius 3 is 2.67 bits per heavy atom. The monoisotopic (exact) mass is 379 g/mol. The van der Waals surface area contributed by atoms with Crippen molar-refractivity contribution < 1.29 is 4.79 Å². The molecule has 140 valence electrons. The van der Waals surface area contributed by atoms with Gasteiger partial charge in [0.1, 0.15) is 11.1 Å². The van der Waals surface area contributed by atoms with Crippen LogP contribution < -0.4 is 5.32 Å². The SMILES string of the molecule is Cc1ccc(NC(=O)CCSc2nc3c(cc2C#N)CCCCCC3)cc1. The van der Waals surface area contributed by atoms with Crippen LogP contribution in [0.25, 0.3) is 0 Å². The standard InChI is InChI=1S/C22H25N3OS/c1-16-8-10-19(11-9-16)24-21(26)12-13-27-22-18(15-23)14-17-6-4-2-3-5-7-20(17)25-22/h8-11,14H,2-7,12-13H2,1H3,(H,24,26). The summed E-state index contributed by atoms with van der Waals surface area (Å²) in [4.78, 5) is 16.9. The number of carbonyl (C=O) groups excluding carboxylic acids is 1. The highest BCUT2D eigenvalue weighted by Gasteiger charge is 2.14. The number of carbonyl (C=O) groups is 1. The van der Waals surface area contributed by atoms with E-state index >= 15 is 0 Å². The average molecular weight is 380 g/mol. The first kappa shape index (κ1) is 19.4. The predicted octanol–water partition coefficient (Wildman–Crippen LogP) is 5.04. The summed E-state index contributed by atoms with van der Waals surface area (Å²) < 4.78 is 0. The number of aromatic nitrogens is 1. The highest BCUT2D eigenvalue weighted by atomic mass is 32.2. The van der Waals surface area contributed by atoms with E-state index in [0.29, 0.717) is 17.7 Å². The van der Waals surface area contributed by atoms with Crippen LogP contribution in [0, 0.1) is 18.3 Å². The van der Waals surface area contributed by atoms with Gasteiger partial charge in [0.25, 0.3) is 0 Å². The Morgan fingerprint density at radius 1 is 1.19 bits per heavy atom. The van der Waals surface area contributed by atoms with Crippen molar-refractivity contribution in [1.82, 2.24) is 4.98 Å². The Labute approximate surface area is 165 Å². The summed E-state index contributed by atoms with van der Waals surface area (Å²) in [7, 11) is 0. The number of nitriles is 1. The molecule has 1 aromatic carbocycles. The highest BCUT2D eigenvalue weighted by molar-refractivity contribution is 7.99. The van der Waals surface area contributed by atoms with E-state index in [1.807, 2.05) is 37.3 Å².